The van der Waals surface area contributed by atoms with E-state index in [-0.39, 0.29) is 12.1 Å². The lowest BCUT2D eigenvalue weighted by Crippen LogP contribution is -2.66. The number of carbonyl (C=O) groups is 2. The summed E-state index contributed by atoms with van der Waals surface area (Å²) in [6, 6.07) is 18.5. The van der Waals surface area contributed by atoms with Crippen molar-refractivity contribution in [3.8, 4) is 0 Å². The van der Waals surface area contributed by atoms with Crippen molar-refractivity contribution in [3.05, 3.63) is 71.3 Å². The van der Waals surface area contributed by atoms with Gasteiger partial charge in [-0.3, -0.25) is 9.59 Å². The fourth-order valence-corrected chi connectivity index (χ4v) is 6.98. The third-order valence-electron chi connectivity index (χ3n) is 9.13. The number of piperidine rings is 3. The Labute approximate surface area is 210 Å². The minimum absolute atomic E-state index is 0.0197. The van der Waals surface area contributed by atoms with Crippen LogP contribution in [0.5, 0.6) is 0 Å². The Morgan fingerprint density at radius 2 is 1.57 bits per heavy atom. The normalized spacial score (nSPS) is 27.7. The van der Waals surface area contributed by atoms with Crippen LogP contribution in [-0.4, -0.2) is 48.5 Å². The number of ketones is 1. The van der Waals surface area contributed by atoms with E-state index >= 15 is 0 Å². The molecule has 0 spiro atoms. The van der Waals surface area contributed by atoms with E-state index in [0.29, 0.717) is 24.7 Å². The molecule has 1 aliphatic carbocycles. The lowest BCUT2D eigenvalue weighted by atomic mass is 9.74. The van der Waals surface area contributed by atoms with Crippen molar-refractivity contribution >= 4 is 11.8 Å². The Kier molecular flexibility index (Phi) is 7.11. The molecule has 0 radical (unpaired) electrons. The summed E-state index contributed by atoms with van der Waals surface area (Å²) in [5.74, 6) is 0.715. The van der Waals surface area contributed by atoms with Gasteiger partial charge in [0, 0.05) is 25.2 Å². The first-order valence-electron chi connectivity index (χ1n) is 13.7. The second-order valence-electron chi connectivity index (χ2n) is 11.4. The van der Waals surface area contributed by atoms with Gasteiger partial charge in [-0.2, -0.15) is 0 Å². The molecule has 186 valence electrons. The molecule has 4 nitrogen and oxygen atoms in total. The van der Waals surface area contributed by atoms with Crippen LogP contribution < -0.4 is 0 Å². The summed E-state index contributed by atoms with van der Waals surface area (Å²) in [6.45, 7) is 5.48. The molecule has 4 fully saturated rings. The highest BCUT2D eigenvalue weighted by Gasteiger charge is 2.50. The predicted octanol–water partition coefficient (Wildman–Crippen LogP) is 5.55. The number of Topliss-reactive ketones (excluding diaryl/α,β-unsaturated/α-hetero) is 1. The van der Waals surface area contributed by atoms with Crippen LogP contribution in [0.3, 0.4) is 0 Å². The van der Waals surface area contributed by atoms with Gasteiger partial charge in [0.15, 0.2) is 11.9 Å². The monoisotopic (exact) mass is 474 g/mol. The summed E-state index contributed by atoms with van der Waals surface area (Å²) >= 11 is 0. The summed E-state index contributed by atoms with van der Waals surface area (Å²) in [5, 5.41) is 0. The van der Waals surface area contributed by atoms with Gasteiger partial charge in [-0.15, -0.1) is 0 Å². The van der Waals surface area contributed by atoms with E-state index in [0.717, 1.165) is 73.8 Å². The summed E-state index contributed by atoms with van der Waals surface area (Å²) < 4.78 is 7.25. The van der Waals surface area contributed by atoms with E-state index < -0.39 is 5.41 Å². The van der Waals surface area contributed by atoms with E-state index in [1.807, 2.05) is 30.3 Å². The summed E-state index contributed by atoms with van der Waals surface area (Å²) in [7, 11) is 0. The molecular formula is C31H40NO3+. The number of hydrogen-bond acceptors (Lipinski definition) is 3. The van der Waals surface area contributed by atoms with Gasteiger partial charge in [0.25, 0.3) is 0 Å². The van der Waals surface area contributed by atoms with Crippen LogP contribution in [0, 0.1) is 12.8 Å². The zero-order chi connectivity index (χ0) is 24.3. The number of aryl methyl sites for hydroxylation is 1. The Morgan fingerprint density at radius 3 is 2.26 bits per heavy atom. The number of ether oxygens (including phenoxy) is 1. The minimum Gasteiger partial charge on any atom is -0.455 e. The maximum atomic E-state index is 13.9. The molecule has 2 bridgehead atoms. The molecule has 0 amide bonds. The lowest BCUT2D eigenvalue weighted by Gasteiger charge is -2.52. The van der Waals surface area contributed by atoms with Crippen molar-refractivity contribution in [1.82, 2.24) is 0 Å². The van der Waals surface area contributed by atoms with Crippen molar-refractivity contribution in [2.75, 3.05) is 26.2 Å². The average molecular weight is 475 g/mol. The molecule has 0 aromatic heterocycles. The molecule has 0 unspecified atom stereocenters. The zero-order valence-electron chi connectivity index (χ0n) is 21.2. The maximum Gasteiger partial charge on any atom is 0.317 e. The number of carbonyl (C=O) groups excluding carboxylic acids is 2. The van der Waals surface area contributed by atoms with Gasteiger partial charge < -0.3 is 9.22 Å². The molecular weight excluding hydrogens is 434 g/mol. The van der Waals surface area contributed by atoms with Crippen molar-refractivity contribution in [3.63, 3.8) is 0 Å². The van der Waals surface area contributed by atoms with Gasteiger partial charge in [0.1, 0.15) is 13.1 Å². The Morgan fingerprint density at radius 1 is 0.914 bits per heavy atom. The second-order valence-corrected chi connectivity index (χ2v) is 11.4. The van der Waals surface area contributed by atoms with Gasteiger partial charge in [0.05, 0.1) is 18.5 Å². The molecule has 2 aromatic carbocycles. The van der Waals surface area contributed by atoms with Gasteiger partial charge >= 0.3 is 5.97 Å². The molecule has 6 rings (SSSR count). The number of benzene rings is 2. The van der Waals surface area contributed by atoms with E-state index in [4.69, 9.17) is 4.74 Å². The van der Waals surface area contributed by atoms with E-state index in [1.165, 1.54) is 18.4 Å². The number of fused-ring (bicyclic) bond motifs is 3. The number of esters is 1. The molecule has 4 aliphatic rings. The van der Waals surface area contributed by atoms with Crippen molar-refractivity contribution in [2.24, 2.45) is 5.92 Å². The van der Waals surface area contributed by atoms with E-state index in [1.54, 1.807) is 0 Å². The van der Waals surface area contributed by atoms with Crippen molar-refractivity contribution in [1.29, 1.82) is 0 Å². The average Bonchev–Trinajstić information content (AvgIpc) is 3.14. The molecule has 35 heavy (non-hydrogen) atoms. The highest BCUT2D eigenvalue weighted by molar-refractivity contribution is 5.84. The first-order chi connectivity index (χ1) is 17.0. The summed E-state index contributed by atoms with van der Waals surface area (Å²) in [5.41, 5.74) is 2.91. The lowest BCUT2D eigenvalue weighted by molar-refractivity contribution is -0.939. The smallest absolute Gasteiger partial charge is 0.317 e. The predicted molar refractivity (Wildman–Crippen MR) is 138 cm³/mol. The van der Waals surface area contributed by atoms with E-state index in [9.17, 15) is 9.59 Å². The van der Waals surface area contributed by atoms with Crippen LogP contribution in [0.4, 0.5) is 0 Å². The first-order valence-corrected chi connectivity index (χ1v) is 13.7. The highest BCUT2D eigenvalue weighted by Crippen LogP contribution is 2.42. The number of rotatable bonds is 7. The number of hydrogen-bond donors (Lipinski definition) is 0. The Balaban J connectivity index is 1.30. The Hall–Kier alpha value is -2.46. The standard InChI is InChI=1S/C31H40NO3/c1-24-11-7-8-12-26(24)21-28(33)22-32-19-15-25(16-20-32)29(23-32)35-30(34)31(17-9-2-3-10-18-31)27-13-5-4-6-14-27/h4-8,11-14,25,29H,2-3,9-10,15-23H2,1H3/q+1/t25?,29-,32?/m0/s1. The van der Waals surface area contributed by atoms with Crippen LogP contribution >= 0.6 is 0 Å². The minimum atomic E-state index is -0.519. The van der Waals surface area contributed by atoms with Crippen LogP contribution in [0.25, 0.3) is 0 Å². The number of nitrogens with zero attached hydrogens (tertiary/aromatic N) is 1. The topological polar surface area (TPSA) is 43.4 Å². The fourth-order valence-electron chi connectivity index (χ4n) is 6.98. The third-order valence-corrected chi connectivity index (χ3v) is 9.13. The maximum absolute atomic E-state index is 13.9. The molecule has 1 atom stereocenters. The summed E-state index contributed by atoms with van der Waals surface area (Å²) in [4.78, 5) is 27.1. The molecule has 0 N–H and O–H groups in total. The first kappa shape index (κ1) is 24.2. The van der Waals surface area contributed by atoms with Crippen molar-refractivity contribution in [2.45, 2.75) is 76.2 Å². The Bertz CT molecular complexity index is 1030. The fraction of sp³-hybridized carbons (Fsp3) is 0.548. The molecule has 3 aliphatic heterocycles. The molecule has 3 saturated heterocycles. The van der Waals surface area contributed by atoms with Crippen LogP contribution in [0.15, 0.2) is 54.6 Å². The van der Waals surface area contributed by atoms with Gasteiger partial charge in [-0.25, -0.2) is 0 Å². The summed E-state index contributed by atoms with van der Waals surface area (Å²) in [6.07, 6.45) is 8.81. The van der Waals surface area contributed by atoms with Gasteiger partial charge in [-0.05, 0) is 36.5 Å². The van der Waals surface area contributed by atoms with Crippen molar-refractivity contribution < 1.29 is 18.8 Å². The van der Waals surface area contributed by atoms with Gasteiger partial charge in [0.2, 0.25) is 0 Å². The largest absolute Gasteiger partial charge is 0.455 e. The van der Waals surface area contributed by atoms with Gasteiger partial charge in [-0.1, -0.05) is 80.3 Å². The molecule has 1 saturated carbocycles. The third kappa shape index (κ3) is 5.09. The van der Waals surface area contributed by atoms with Crippen LogP contribution in [0.1, 0.15) is 68.1 Å². The number of quaternary nitrogens is 1. The zero-order valence-corrected chi connectivity index (χ0v) is 21.2. The molecule has 3 heterocycles. The van der Waals surface area contributed by atoms with E-state index in [2.05, 4.69) is 31.2 Å². The van der Waals surface area contributed by atoms with Crippen LogP contribution in [0.2, 0.25) is 0 Å². The second kappa shape index (κ2) is 10.3. The quantitative estimate of drug-likeness (QED) is 0.300. The highest BCUT2D eigenvalue weighted by atomic mass is 16.5. The van der Waals surface area contributed by atoms with Crippen LogP contribution in [-0.2, 0) is 26.2 Å². The molecule has 4 heteroatoms. The molecule has 2 aromatic rings. The SMILES string of the molecule is Cc1ccccc1CC(=O)C[N+]12CCC(CC1)[C@@H](OC(=O)C1(c3ccccc3)CCCCCC1)C2.